The van der Waals surface area contributed by atoms with Crippen LogP contribution < -0.4 is 4.74 Å². The molecule has 1 aromatic rings. The van der Waals surface area contributed by atoms with Crippen LogP contribution in [0.25, 0.3) is 0 Å². The minimum atomic E-state index is -1.12. The molecule has 0 saturated heterocycles. The Morgan fingerprint density at radius 1 is 1.32 bits per heavy atom. The SMILES string of the molecule is CCOC(=O)[C@H](Cc1ccc(OC)cc1)C(C)(C)O. The summed E-state index contributed by atoms with van der Waals surface area (Å²) in [6, 6.07) is 7.44. The monoisotopic (exact) mass is 266 g/mol. The molecule has 0 saturated carbocycles. The molecule has 0 unspecified atom stereocenters. The third-order valence-electron chi connectivity index (χ3n) is 3.02. The molecular weight excluding hydrogens is 244 g/mol. The average Bonchev–Trinajstić information content (AvgIpc) is 2.35. The molecule has 0 aromatic heterocycles. The fourth-order valence-electron chi connectivity index (χ4n) is 1.86. The van der Waals surface area contributed by atoms with Crippen LogP contribution in [0.2, 0.25) is 0 Å². The summed E-state index contributed by atoms with van der Waals surface area (Å²) >= 11 is 0. The largest absolute Gasteiger partial charge is 0.497 e. The highest BCUT2D eigenvalue weighted by atomic mass is 16.5. The van der Waals surface area contributed by atoms with E-state index < -0.39 is 11.5 Å². The van der Waals surface area contributed by atoms with Crippen molar-refractivity contribution in [2.75, 3.05) is 13.7 Å². The molecule has 0 aliphatic carbocycles. The smallest absolute Gasteiger partial charge is 0.312 e. The van der Waals surface area contributed by atoms with Crippen molar-refractivity contribution in [3.8, 4) is 5.75 Å². The summed E-state index contributed by atoms with van der Waals surface area (Å²) < 4.78 is 10.1. The minimum absolute atomic E-state index is 0.314. The molecule has 0 bridgehead atoms. The molecule has 1 aromatic carbocycles. The van der Waals surface area contributed by atoms with E-state index in [-0.39, 0.29) is 5.97 Å². The maximum Gasteiger partial charge on any atom is 0.312 e. The first kappa shape index (κ1) is 15.5. The number of aliphatic hydroxyl groups is 1. The van der Waals surface area contributed by atoms with Crippen LogP contribution in [0, 0.1) is 5.92 Å². The molecule has 0 heterocycles. The van der Waals surface area contributed by atoms with Gasteiger partial charge >= 0.3 is 5.97 Å². The number of benzene rings is 1. The van der Waals surface area contributed by atoms with Gasteiger partial charge in [0.2, 0.25) is 0 Å². The van der Waals surface area contributed by atoms with E-state index in [4.69, 9.17) is 9.47 Å². The van der Waals surface area contributed by atoms with Gasteiger partial charge in [-0.2, -0.15) is 0 Å². The van der Waals surface area contributed by atoms with Crippen LogP contribution in [0.4, 0.5) is 0 Å². The fourth-order valence-corrected chi connectivity index (χ4v) is 1.86. The molecule has 4 heteroatoms. The first-order valence-corrected chi connectivity index (χ1v) is 6.40. The lowest BCUT2D eigenvalue weighted by molar-refractivity contribution is -0.156. The maximum atomic E-state index is 11.9. The van der Waals surface area contributed by atoms with Gasteiger partial charge in [0.05, 0.1) is 25.2 Å². The number of esters is 1. The first-order valence-electron chi connectivity index (χ1n) is 6.40. The van der Waals surface area contributed by atoms with Gasteiger partial charge in [0.1, 0.15) is 5.75 Å². The Kier molecular flexibility index (Phi) is 5.36. The molecule has 0 aliphatic heterocycles. The normalized spacial score (nSPS) is 12.9. The standard InChI is InChI=1S/C15H22O4/c1-5-19-14(16)13(15(2,3)17)10-11-6-8-12(18-4)9-7-11/h6-9,13,17H,5,10H2,1-4H3/t13-/m0/s1. The highest BCUT2D eigenvalue weighted by Crippen LogP contribution is 2.24. The summed E-state index contributed by atoms with van der Waals surface area (Å²) in [7, 11) is 1.60. The Hall–Kier alpha value is -1.55. The minimum Gasteiger partial charge on any atom is -0.497 e. The second-order valence-corrected chi connectivity index (χ2v) is 5.01. The Labute approximate surface area is 114 Å². The van der Waals surface area contributed by atoms with Crippen molar-refractivity contribution in [3.63, 3.8) is 0 Å². The lowest BCUT2D eigenvalue weighted by Crippen LogP contribution is -2.39. The molecular formula is C15H22O4. The van der Waals surface area contributed by atoms with Crippen LogP contribution in [0.3, 0.4) is 0 Å². The van der Waals surface area contributed by atoms with Gasteiger partial charge in [0.15, 0.2) is 0 Å². The lowest BCUT2D eigenvalue weighted by Gasteiger charge is -2.27. The summed E-state index contributed by atoms with van der Waals surface area (Å²) in [6.45, 7) is 5.32. The Balaban J connectivity index is 2.84. The topological polar surface area (TPSA) is 55.8 Å². The molecule has 106 valence electrons. The number of carbonyl (C=O) groups excluding carboxylic acids is 1. The van der Waals surface area contributed by atoms with Crippen molar-refractivity contribution in [3.05, 3.63) is 29.8 Å². The summed E-state index contributed by atoms with van der Waals surface area (Å²) in [5.74, 6) is -0.189. The van der Waals surface area contributed by atoms with E-state index in [0.717, 1.165) is 11.3 Å². The van der Waals surface area contributed by atoms with Crippen LogP contribution in [0.15, 0.2) is 24.3 Å². The zero-order chi connectivity index (χ0) is 14.5. The van der Waals surface area contributed by atoms with Gasteiger partial charge in [-0.3, -0.25) is 4.79 Å². The predicted molar refractivity (Wildman–Crippen MR) is 73.1 cm³/mol. The van der Waals surface area contributed by atoms with Crippen LogP contribution in [-0.4, -0.2) is 30.4 Å². The van der Waals surface area contributed by atoms with Gasteiger partial charge in [0.25, 0.3) is 0 Å². The quantitative estimate of drug-likeness (QED) is 0.802. The third kappa shape index (κ3) is 4.56. The summed E-state index contributed by atoms with van der Waals surface area (Å²) in [5.41, 5.74) is -0.160. The average molecular weight is 266 g/mol. The highest BCUT2D eigenvalue weighted by Gasteiger charge is 2.34. The molecule has 0 fully saturated rings. The molecule has 0 amide bonds. The van der Waals surface area contributed by atoms with Gasteiger partial charge in [-0.05, 0) is 44.9 Å². The van der Waals surface area contributed by atoms with E-state index in [9.17, 15) is 9.90 Å². The van der Waals surface area contributed by atoms with E-state index in [2.05, 4.69) is 0 Å². The number of rotatable bonds is 6. The highest BCUT2D eigenvalue weighted by molar-refractivity contribution is 5.74. The van der Waals surface area contributed by atoms with Crippen LogP contribution in [0.5, 0.6) is 5.75 Å². The van der Waals surface area contributed by atoms with Gasteiger partial charge < -0.3 is 14.6 Å². The first-order chi connectivity index (χ1) is 8.88. The third-order valence-corrected chi connectivity index (χ3v) is 3.02. The second-order valence-electron chi connectivity index (χ2n) is 5.01. The summed E-state index contributed by atoms with van der Waals surface area (Å²) in [6.07, 6.45) is 0.437. The number of methoxy groups -OCH3 is 1. The Morgan fingerprint density at radius 3 is 2.32 bits per heavy atom. The number of hydrogen-bond acceptors (Lipinski definition) is 4. The number of ether oxygens (including phenoxy) is 2. The van der Waals surface area contributed by atoms with E-state index >= 15 is 0 Å². The van der Waals surface area contributed by atoms with Crippen LogP contribution in [-0.2, 0) is 16.0 Å². The molecule has 4 nitrogen and oxygen atoms in total. The zero-order valence-corrected chi connectivity index (χ0v) is 12.0. The molecule has 1 rings (SSSR count). The van der Waals surface area contributed by atoms with Gasteiger partial charge in [-0.25, -0.2) is 0 Å². The molecule has 0 spiro atoms. The maximum absolute atomic E-state index is 11.9. The molecule has 1 N–H and O–H groups in total. The molecule has 0 aliphatic rings. The van der Waals surface area contributed by atoms with Crippen molar-refractivity contribution in [1.29, 1.82) is 0 Å². The van der Waals surface area contributed by atoms with E-state index in [1.807, 2.05) is 24.3 Å². The number of carbonyl (C=O) groups is 1. The summed E-state index contributed by atoms with van der Waals surface area (Å²) in [4.78, 5) is 11.9. The van der Waals surface area contributed by atoms with Crippen LogP contribution in [0.1, 0.15) is 26.3 Å². The Morgan fingerprint density at radius 2 is 1.89 bits per heavy atom. The van der Waals surface area contributed by atoms with Crippen molar-refractivity contribution >= 4 is 5.97 Å². The van der Waals surface area contributed by atoms with Gasteiger partial charge in [-0.1, -0.05) is 12.1 Å². The van der Waals surface area contributed by atoms with Crippen molar-refractivity contribution < 1.29 is 19.4 Å². The lowest BCUT2D eigenvalue weighted by atomic mass is 9.85. The van der Waals surface area contributed by atoms with Gasteiger partial charge in [0, 0.05) is 0 Å². The zero-order valence-electron chi connectivity index (χ0n) is 12.0. The van der Waals surface area contributed by atoms with Crippen LogP contribution >= 0.6 is 0 Å². The second kappa shape index (κ2) is 6.57. The molecule has 0 radical (unpaired) electrons. The summed E-state index contributed by atoms with van der Waals surface area (Å²) in [5, 5.41) is 10.1. The number of hydrogen-bond donors (Lipinski definition) is 1. The molecule has 19 heavy (non-hydrogen) atoms. The van der Waals surface area contributed by atoms with E-state index in [0.29, 0.717) is 13.0 Å². The van der Waals surface area contributed by atoms with E-state index in [1.54, 1.807) is 27.9 Å². The fraction of sp³-hybridized carbons (Fsp3) is 0.533. The predicted octanol–water partition coefficient (Wildman–Crippen LogP) is 2.19. The van der Waals surface area contributed by atoms with Crippen molar-refractivity contribution in [2.24, 2.45) is 5.92 Å². The van der Waals surface area contributed by atoms with E-state index in [1.165, 1.54) is 0 Å². The van der Waals surface area contributed by atoms with Crippen molar-refractivity contribution in [2.45, 2.75) is 32.8 Å². The Bertz CT molecular complexity index is 403. The van der Waals surface area contributed by atoms with Gasteiger partial charge in [-0.15, -0.1) is 0 Å². The van der Waals surface area contributed by atoms with Crippen molar-refractivity contribution in [1.82, 2.24) is 0 Å². The molecule has 1 atom stereocenters.